The Morgan fingerprint density at radius 1 is 1.53 bits per heavy atom. The van der Waals surface area contributed by atoms with Crippen LogP contribution in [0, 0.1) is 0 Å². The van der Waals surface area contributed by atoms with Crippen LogP contribution >= 0.6 is 11.6 Å². The van der Waals surface area contributed by atoms with Crippen molar-refractivity contribution in [3.05, 3.63) is 29.3 Å². The monoisotopic (exact) mass is 228 g/mol. The van der Waals surface area contributed by atoms with Crippen molar-refractivity contribution in [2.75, 3.05) is 24.5 Å². The fourth-order valence-electron chi connectivity index (χ4n) is 1.29. The van der Waals surface area contributed by atoms with E-state index in [-0.39, 0.29) is 6.54 Å². The molecule has 0 aliphatic heterocycles. The summed E-state index contributed by atoms with van der Waals surface area (Å²) in [6.45, 7) is 0.823. The number of carbonyl (C=O) groups is 1. The Hall–Kier alpha value is -1.26. The molecule has 4 nitrogen and oxygen atoms in total. The number of hydrogen-bond acceptors (Lipinski definition) is 3. The molecule has 1 rings (SSSR count). The highest BCUT2D eigenvalue weighted by Crippen LogP contribution is 2.18. The van der Waals surface area contributed by atoms with Crippen LogP contribution in [0.25, 0.3) is 0 Å². The van der Waals surface area contributed by atoms with Gasteiger partial charge >= 0.3 is 5.97 Å². The number of carboxylic acid groups (broad SMARTS) is 1. The lowest BCUT2D eigenvalue weighted by atomic mass is 10.3. The highest BCUT2D eigenvalue weighted by molar-refractivity contribution is 6.30. The van der Waals surface area contributed by atoms with E-state index in [1.165, 1.54) is 0 Å². The quantitative estimate of drug-likeness (QED) is 0.795. The normalized spacial score (nSPS) is 10.0. The van der Waals surface area contributed by atoms with E-state index in [0.717, 1.165) is 5.69 Å². The molecule has 0 aromatic heterocycles. The van der Waals surface area contributed by atoms with Crippen molar-refractivity contribution in [1.29, 1.82) is 0 Å². The molecule has 15 heavy (non-hydrogen) atoms. The summed E-state index contributed by atoms with van der Waals surface area (Å²) in [5.74, 6) is -0.886. The van der Waals surface area contributed by atoms with Gasteiger partial charge in [0, 0.05) is 23.8 Å². The van der Waals surface area contributed by atoms with E-state index in [1.807, 2.05) is 6.07 Å². The maximum absolute atomic E-state index is 10.6. The van der Waals surface area contributed by atoms with Crippen molar-refractivity contribution in [2.24, 2.45) is 5.73 Å². The van der Waals surface area contributed by atoms with E-state index in [1.54, 1.807) is 23.1 Å². The zero-order chi connectivity index (χ0) is 11.3. The minimum absolute atomic E-state index is 0.0719. The Labute approximate surface area is 93.2 Å². The number of halogens is 1. The number of hydrogen-bond donors (Lipinski definition) is 2. The number of nitrogens with two attached hydrogens (primary N) is 1. The van der Waals surface area contributed by atoms with Crippen molar-refractivity contribution >= 4 is 23.3 Å². The topological polar surface area (TPSA) is 66.6 Å². The Morgan fingerprint density at radius 2 is 2.27 bits per heavy atom. The zero-order valence-corrected chi connectivity index (χ0v) is 8.94. The first-order chi connectivity index (χ1) is 7.13. The SMILES string of the molecule is NCCN(CC(=O)O)c1cccc(Cl)c1. The summed E-state index contributed by atoms with van der Waals surface area (Å²) in [5, 5.41) is 9.31. The summed E-state index contributed by atoms with van der Waals surface area (Å²) in [6, 6.07) is 7.06. The molecule has 0 unspecified atom stereocenters. The molecule has 5 heteroatoms. The van der Waals surface area contributed by atoms with Gasteiger partial charge in [-0.25, -0.2) is 0 Å². The fourth-order valence-corrected chi connectivity index (χ4v) is 1.48. The molecular weight excluding hydrogens is 216 g/mol. The van der Waals surface area contributed by atoms with E-state index in [2.05, 4.69) is 0 Å². The third-order valence-corrected chi connectivity index (χ3v) is 2.13. The zero-order valence-electron chi connectivity index (χ0n) is 8.19. The molecule has 0 aliphatic carbocycles. The Morgan fingerprint density at radius 3 is 2.80 bits per heavy atom. The number of anilines is 1. The first-order valence-electron chi connectivity index (χ1n) is 4.56. The lowest BCUT2D eigenvalue weighted by Crippen LogP contribution is -2.34. The first kappa shape index (κ1) is 11.8. The van der Waals surface area contributed by atoms with Gasteiger partial charge < -0.3 is 15.7 Å². The summed E-state index contributed by atoms with van der Waals surface area (Å²) in [5.41, 5.74) is 6.19. The summed E-state index contributed by atoms with van der Waals surface area (Å²) < 4.78 is 0. The van der Waals surface area contributed by atoms with Crippen molar-refractivity contribution in [3.63, 3.8) is 0 Å². The van der Waals surface area contributed by atoms with Crippen molar-refractivity contribution in [3.8, 4) is 0 Å². The van der Waals surface area contributed by atoms with Crippen LogP contribution in [0.2, 0.25) is 5.02 Å². The van der Waals surface area contributed by atoms with Gasteiger partial charge in [-0.05, 0) is 18.2 Å². The number of carboxylic acids is 1. The van der Waals surface area contributed by atoms with Crippen LogP contribution in [0.1, 0.15) is 0 Å². The predicted molar refractivity (Wildman–Crippen MR) is 60.4 cm³/mol. The lowest BCUT2D eigenvalue weighted by Gasteiger charge is -2.22. The number of aliphatic carboxylic acids is 1. The van der Waals surface area contributed by atoms with Gasteiger partial charge in [0.25, 0.3) is 0 Å². The lowest BCUT2D eigenvalue weighted by molar-refractivity contribution is -0.135. The van der Waals surface area contributed by atoms with E-state index >= 15 is 0 Å². The van der Waals surface area contributed by atoms with Crippen molar-refractivity contribution in [1.82, 2.24) is 0 Å². The van der Waals surface area contributed by atoms with Crippen molar-refractivity contribution < 1.29 is 9.90 Å². The molecule has 0 aliphatic rings. The van der Waals surface area contributed by atoms with Crippen LogP contribution in [0.4, 0.5) is 5.69 Å². The molecule has 0 atom stereocenters. The number of nitrogens with zero attached hydrogens (tertiary/aromatic N) is 1. The second-order valence-corrected chi connectivity index (χ2v) is 3.52. The largest absolute Gasteiger partial charge is 0.480 e. The van der Waals surface area contributed by atoms with E-state index in [9.17, 15) is 4.79 Å². The smallest absolute Gasteiger partial charge is 0.323 e. The second-order valence-electron chi connectivity index (χ2n) is 3.08. The van der Waals surface area contributed by atoms with Gasteiger partial charge in [0.15, 0.2) is 0 Å². The van der Waals surface area contributed by atoms with Gasteiger partial charge in [0.1, 0.15) is 6.54 Å². The molecule has 1 aromatic carbocycles. The van der Waals surface area contributed by atoms with Gasteiger partial charge in [0.05, 0.1) is 0 Å². The second kappa shape index (κ2) is 5.58. The minimum atomic E-state index is -0.886. The number of benzene rings is 1. The van der Waals surface area contributed by atoms with Gasteiger partial charge in [-0.1, -0.05) is 17.7 Å². The summed E-state index contributed by atoms with van der Waals surface area (Å²) >= 11 is 5.82. The van der Waals surface area contributed by atoms with Crippen molar-refractivity contribution in [2.45, 2.75) is 0 Å². The Kier molecular flexibility index (Phi) is 4.39. The molecule has 82 valence electrons. The van der Waals surface area contributed by atoms with E-state index in [4.69, 9.17) is 22.4 Å². The third kappa shape index (κ3) is 3.77. The van der Waals surface area contributed by atoms with Gasteiger partial charge in [0.2, 0.25) is 0 Å². The van der Waals surface area contributed by atoms with Gasteiger partial charge in [-0.15, -0.1) is 0 Å². The van der Waals surface area contributed by atoms with E-state index < -0.39 is 5.97 Å². The Bertz CT molecular complexity index is 344. The predicted octanol–water partition coefficient (Wildman–Crippen LogP) is 1.19. The first-order valence-corrected chi connectivity index (χ1v) is 4.93. The maximum atomic E-state index is 10.6. The van der Waals surface area contributed by atoms with Gasteiger partial charge in [-0.3, -0.25) is 4.79 Å². The molecule has 0 amide bonds. The average Bonchev–Trinajstić information content (AvgIpc) is 2.16. The minimum Gasteiger partial charge on any atom is -0.480 e. The maximum Gasteiger partial charge on any atom is 0.323 e. The Balaban J connectivity index is 2.83. The molecule has 1 aromatic rings. The number of rotatable bonds is 5. The van der Waals surface area contributed by atoms with Crippen LogP contribution in [0.5, 0.6) is 0 Å². The molecular formula is C10H13ClN2O2. The van der Waals surface area contributed by atoms with E-state index in [0.29, 0.717) is 18.1 Å². The van der Waals surface area contributed by atoms with Gasteiger partial charge in [-0.2, -0.15) is 0 Å². The van der Waals surface area contributed by atoms with Crippen LogP contribution in [0.3, 0.4) is 0 Å². The molecule has 0 saturated heterocycles. The summed E-state index contributed by atoms with van der Waals surface area (Å²) in [6.07, 6.45) is 0. The summed E-state index contributed by atoms with van der Waals surface area (Å²) in [7, 11) is 0. The molecule has 0 fully saturated rings. The summed E-state index contributed by atoms with van der Waals surface area (Å²) in [4.78, 5) is 12.3. The third-order valence-electron chi connectivity index (χ3n) is 1.90. The molecule has 0 saturated carbocycles. The highest BCUT2D eigenvalue weighted by atomic mass is 35.5. The van der Waals surface area contributed by atoms with Crippen LogP contribution in [0.15, 0.2) is 24.3 Å². The van der Waals surface area contributed by atoms with Crippen LogP contribution in [-0.4, -0.2) is 30.7 Å². The molecule has 0 heterocycles. The molecule has 0 bridgehead atoms. The standard InChI is InChI=1S/C10H13ClN2O2/c11-8-2-1-3-9(6-8)13(5-4-12)7-10(14)15/h1-3,6H,4-5,7,12H2,(H,14,15). The highest BCUT2D eigenvalue weighted by Gasteiger charge is 2.09. The van der Waals surface area contributed by atoms with Crippen LogP contribution in [-0.2, 0) is 4.79 Å². The molecule has 0 radical (unpaired) electrons. The molecule has 0 spiro atoms. The average molecular weight is 229 g/mol. The van der Waals surface area contributed by atoms with Crippen LogP contribution < -0.4 is 10.6 Å². The molecule has 3 N–H and O–H groups in total. The fraction of sp³-hybridized carbons (Fsp3) is 0.300.